The first-order valence-electron chi connectivity index (χ1n) is 5.69. The van der Waals surface area contributed by atoms with Gasteiger partial charge < -0.3 is 10.2 Å². The maximum Gasteiger partial charge on any atom is 0.307 e. The molecule has 0 saturated heterocycles. The molecule has 2 atom stereocenters. The van der Waals surface area contributed by atoms with Crippen molar-refractivity contribution in [2.24, 2.45) is 16.7 Å². The summed E-state index contributed by atoms with van der Waals surface area (Å²) in [5, 5.41) is 18.0. The van der Waals surface area contributed by atoms with E-state index in [-0.39, 0.29) is 23.4 Å². The topological polar surface area (TPSA) is 57.5 Å². The van der Waals surface area contributed by atoms with Gasteiger partial charge in [0.25, 0.3) is 0 Å². The van der Waals surface area contributed by atoms with Crippen LogP contribution in [0.3, 0.4) is 0 Å². The summed E-state index contributed by atoms with van der Waals surface area (Å²) in [4.78, 5) is 11.1. The molecule has 15 heavy (non-hydrogen) atoms. The fraction of sp³-hybridized carbons (Fsp3) is 0.917. The van der Waals surface area contributed by atoms with Crippen molar-refractivity contribution in [2.75, 3.05) is 6.61 Å². The van der Waals surface area contributed by atoms with E-state index in [4.69, 9.17) is 10.2 Å². The number of aliphatic hydroxyl groups is 1. The second-order valence-electron chi connectivity index (χ2n) is 5.54. The summed E-state index contributed by atoms with van der Waals surface area (Å²) in [7, 11) is 0. The van der Waals surface area contributed by atoms with Crippen LogP contribution in [0.25, 0.3) is 0 Å². The number of aliphatic carboxylic acids is 1. The van der Waals surface area contributed by atoms with Gasteiger partial charge in [0.05, 0.1) is 5.92 Å². The predicted molar refractivity (Wildman–Crippen MR) is 58.6 cm³/mol. The molecule has 0 radical (unpaired) electrons. The molecule has 1 saturated carbocycles. The van der Waals surface area contributed by atoms with E-state index in [1.807, 2.05) is 0 Å². The second-order valence-corrected chi connectivity index (χ2v) is 5.54. The first-order valence-corrected chi connectivity index (χ1v) is 5.69. The summed E-state index contributed by atoms with van der Waals surface area (Å²) in [6.07, 6.45) is 3.41. The number of rotatable bonds is 4. The molecule has 0 bridgehead atoms. The van der Waals surface area contributed by atoms with Crippen LogP contribution in [-0.4, -0.2) is 22.8 Å². The SMILES string of the molecule is CC1(C)[C@@H](C(=O)O)CC[C@@]1(C)CCCO. The molecule has 1 aliphatic carbocycles. The molecule has 0 aliphatic heterocycles. The zero-order valence-corrected chi connectivity index (χ0v) is 9.92. The average molecular weight is 214 g/mol. The highest BCUT2D eigenvalue weighted by Gasteiger charge is 2.53. The Morgan fingerprint density at radius 3 is 2.40 bits per heavy atom. The average Bonchev–Trinajstić information content (AvgIpc) is 2.35. The van der Waals surface area contributed by atoms with E-state index in [9.17, 15) is 4.79 Å². The van der Waals surface area contributed by atoms with Crippen molar-refractivity contribution >= 4 is 5.97 Å². The summed E-state index contributed by atoms with van der Waals surface area (Å²) < 4.78 is 0. The van der Waals surface area contributed by atoms with Crippen LogP contribution in [0.1, 0.15) is 46.5 Å². The molecular formula is C12H22O3. The molecule has 2 N–H and O–H groups in total. The lowest BCUT2D eigenvalue weighted by Crippen LogP contribution is -2.37. The molecule has 0 spiro atoms. The maximum atomic E-state index is 11.1. The van der Waals surface area contributed by atoms with Gasteiger partial charge in [-0.25, -0.2) is 0 Å². The van der Waals surface area contributed by atoms with Crippen molar-refractivity contribution in [1.29, 1.82) is 0 Å². The molecule has 3 nitrogen and oxygen atoms in total. The van der Waals surface area contributed by atoms with Crippen LogP contribution in [-0.2, 0) is 4.79 Å². The second kappa shape index (κ2) is 4.12. The quantitative estimate of drug-likeness (QED) is 0.755. The Hall–Kier alpha value is -0.570. The highest BCUT2D eigenvalue weighted by atomic mass is 16.4. The van der Waals surface area contributed by atoms with E-state index in [2.05, 4.69) is 20.8 Å². The van der Waals surface area contributed by atoms with E-state index >= 15 is 0 Å². The van der Waals surface area contributed by atoms with Crippen LogP contribution in [0, 0.1) is 16.7 Å². The van der Waals surface area contributed by atoms with Crippen molar-refractivity contribution in [1.82, 2.24) is 0 Å². The Morgan fingerprint density at radius 1 is 1.40 bits per heavy atom. The minimum atomic E-state index is -0.673. The fourth-order valence-electron chi connectivity index (χ4n) is 2.92. The molecule has 0 amide bonds. The molecule has 1 rings (SSSR count). The maximum absolute atomic E-state index is 11.1. The fourth-order valence-corrected chi connectivity index (χ4v) is 2.92. The van der Waals surface area contributed by atoms with E-state index in [0.29, 0.717) is 0 Å². The Kier molecular flexibility index (Phi) is 3.44. The van der Waals surface area contributed by atoms with Crippen molar-refractivity contribution < 1.29 is 15.0 Å². The third-order valence-electron chi connectivity index (χ3n) is 4.60. The first-order chi connectivity index (χ1) is 6.85. The molecule has 0 heterocycles. The van der Waals surface area contributed by atoms with Crippen LogP contribution in [0.15, 0.2) is 0 Å². The summed E-state index contributed by atoms with van der Waals surface area (Å²) in [6, 6.07) is 0. The third kappa shape index (κ3) is 2.03. The lowest BCUT2D eigenvalue weighted by atomic mass is 9.64. The van der Waals surface area contributed by atoms with Crippen molar-refractivity contribution in [2.45, 2.75) is 46.5 Å². The van der Waals surface area contributed by atoms with Gasteiger partial charge >= 0.3 is 5.97 Å². The molecule has 0 aromatic heterocycles. The molecule has 0 aromatic carbocycles. The summed E-state index contributed by atoms with van der Waals surface area (Å²) in [5.74, 6) is -0.908. The normalized spacial score (nSPS) is 34.3. The Bertz CT molecular complexity index is 247. The van der Waals surface area contributed by atoms with E-state index in [1.165, 1.54) is 0 Å². The molecule has 0 unspecified atom stereocenters. The summed E-state index contributed by atoms with van der Waals surface area (Å²) in [5.41, 5.74) is -0.118. The zero-order valence-electron chi connectivity index (χ0n) is 9.92. The first kappa shape index (κ1) is 12.5. The van der Waals surface area contributed by atoms with Gasteiger partial charge in [0.15, 0.2) is 0 Å². The van der Waals surface area contributed by atoms with E-state index in [1.54, 1.807) is 0 Å². The van der Waals surface area contributed by atoms with Gasteiger partial charge in [0.2, 0.25) is 0 Å². The number of hydrogen-bond donors (Lipinski definition) is 2. The molecule has 1 fully saturated rings. The monoisotopic (exact) mass is 214 g/mol. The molecule has 88 valence electrons. The lowest BCUT2D eigenvalue weighted by Gasteiger charge is -2.40. The molecule has 1 aliphatic rings. The van der Waals surface area contributed by atoms with Gasteiger partial charge in [-0.3, -0.25) is 4.79 Å². The molecule has 0 aromatic rings. The number of carboxylic acid groups (broad SMARTS) is 1. The van der Waals surface area contributed by atoms with Crippen LogP contribution < -0.4 is 0 Å². The minimum Gasteiger partial charge on any atom is -0.481 e. The van der Waals surface area contributed by atoms with Crippen molar-refractivity contribution in [3.05, 3.63) is 0 Å². The van der Waals surface area contributed by atoms with Crippen LogP contribution >= 0.6 is 0 Å². The van der Waals surface area contributed by atoms with Crippen LogP contribution in [0.4, 0.5) is 0 Å². The van der Waals surface area contributed by atoms with Crippen LogP contribution in [0.5, 0.6) is 0 Å². The smallest absolute Gasteiger partial charge is 0.307 e. The highest BCUT2D eigenvalue weighted by Crippen LogP contribution is 2.58. The van der Waals surface area contributed by atoms with Gasteiger partial charge in [-0.05, 0) is 36.5 Å². The number of carboxylic acids is 1. The minimum absolute atomic E-state index is 0.0544. The van der Waals surface area contributed by atoms with Crippen molar-refractivity contribution in [3.8, 4) is 0 Å². The summed E-state index contributed by atoms with van der Waals surface area (Å²) in [6.45, 7) is 6.46. The van der Waals surface area contributed by atoms with Gasteiger partial charge in [0, 0.05) is 6.61 Å². The number of hydrogen-bond acceptors (Lipinski definition) is 2. The van der Waals surface area contributed by atoms with Gasteiger partial charge in [0.1, 0.15) is 0 Å². The lowest BCUT2D eigenvalue weighted by molar-refractivity contribution is -0.146. The highest BCUT2D eigenvalue weighted by molar-refractivity contribution is 5.71. The van der Waals surface area contributed by atoms with Gasteiger partial charge in [-0.15, -0.1) is 0 Å². The van der Waals surface area contributed by atoms with Gasteiger partial charge in [-0.2, -0.15) is 0 Å². The largest absolute Gasteiger partial charge is 0.481 e. The Morgan fingerprint density at radius 2 is 2.00 bits per heavy atom. The summed E-state index contributed by atoms with van der Waals surface area (Å²) >= 11 is 0. The predicted octanol–water partition coefficient (Wildman–Crippen LogP) is 2.29. The Balaban J connectivity index is 2.81. The van der Waals surface area contributed by atoms with Crippen LogP contribution in [0.2, 0.25) is 0 Å². The molecular weight excluding hydrogens is 192 g/mol. The van der Waals surface area contributed by atoms with Gasteiger partial charge in [-0.1, -0.05) is 20.8 Å². The van der Waals surface area contributed by atoms with E-state index < -0.39 is 5.97 Å². The zero-order chi connectivity index (χ0) is 11.7. The molecule has 3 heteroatoms. The number of aliphatic hydroxyl groups excluding tert-OH is 1. The standard InChI is InChI=1S/C12H22O3/c1-11(2)9(10(14)15)5-7-12(11,3)6-4-8-13/h9,13H,4-8H2,1-3H3,(H,14,15)/t9-,12-/m1/s1. The van der Waals surface area contributed by atoms with E-state index in [0.717, 1.165) is 25.7 Å². The number of carbonyl (C=O) groups is 1. The third-order valence-corrected chi connectivity index (χ3v) is 4.60. The van der Waals surface area contributed by atoms with Crippen molar-refractivity contribution in [3.63, 3.8) is 0 Å². The Labute approximate surface area is 91.5 Å².